The topological polar surface area (TPSA) is 85.2 Å². The first-order valence-corrected chi connectivity index (χ1v) is 13.6. The number of thiazole rings is 1. The molecule has 190 valence electrons. The molecule has 0 spiro atoms. The number of anilines is 1. The van der Waals surface area contributed by atoms with Crippen LogP contribution in [0.25, 0.3) is 21.5 Å². The van der Waals surface area contributed by atoms with E-state index in [1.807, 2.05) is 32.0 Å². The van der Waals surface area contributed by atoms with E-state index in [9.17, 15) is 10.1 Å². The van der Waals surface area contributed by atoms with Crippen LogP contribution >= 0.6 is 11.3 Å². The van der Waals surface area contributed by atoms with Crippen molar-refractivity contribution in [2.75, 3.05) is 44.2 Å². The third-order valence-corrected chi connectivity index (χ3v) is 8.11. The van der Waals surface area contributed by atoms with Crippen molar-refractivity contribution in [1.29, 1.82) is 5.26 Å². The van der Waals surface area contributed by atoms with Gasteiger partial charge in [0.2, 0.25) is 0 Å². The van der Waals surface area contributed by atoms with Gasteiger partial charge in [-0.2, -0.15) is 5.26 Å². The van der Waals surface area contributed by atoms with Crippen LogP contribution in [0.3, 0.4) is 0 Å². The lowest BCUT2D eigenvalue weighted by molar-refractivity contribution is 0.0531. The summed E-state index contributed by atoms with van der Waals surface area (Å²) in [6.07, 6.45) is 4.18. The minimum atomic E-state index is -0.298. The number of esters is 1. The number of carbonyl (C=O) groups is 1. The fourth-order valence-corrected chi connectivity index (χ4v) is 5.86. The maximum absolute atomic E-state index is 12.1. The molecule has 1 aliphatic heterocycles. The van der Waals surface area contributed by atoms with Crippen molar-refractivity contribution in [3.63, 3.8) is 0 Å². The molecule has 0 aliphatic carbocycles. The van der Waals surface area contributed by atoms with Gasteiger partial charge in [-0.05, 0) is 81.3 Å². The summed E-state index contributed by atoms with van der Waals surface area (Å²) >= 11 is 1.39. The Kier molecular flexibility index (Phi) is 7.54. The van der Waals surface area contributed by atoms with Gasteiger partial charge in [-0.15, -0.1) is 11.3 Å². The highest BCUT2D eigenvalue weighted by molar-refractivity contribution is 7.17. The number of ether oxygens (including phenoxy) is 1. The summed E-state index contributed by atoms with van der Waals surface area (Å²) < 4.78 is 5.14. The third kappa shape index (κ3) is 5.53. The lowest BCUT2D eigenvalue weighted by Crippen LogP contribution is -2.46. The van der Waals surface area contributed by atoms with Crippen molar-refractivity contribution in [2.24, 2.45) is 0 Å². The van der Waals surface area contributed by atoms with E-state index in [1.54, 1.807) is 0 Å². The summed E-state index contributed by atoms with van der Waals surface area (Å²) in [6, 6.07) is 16.6. The van der Waals surface area contributed by atoms with Gasteiger partial charge in [0.05, 0.1) is 23.9 Å². The van der Waals surface area contributed by atoms with E-state index in [-0.39, 0.29) is 5.97 Å². The number of aryl methyl sites for hydroxylation is 2. The molecule has 0 saturated carbocycles. The van der Waals surface area contributed by atoms with E-state index < -0.39 is 0 Å². The van der Waals surface area contributed by atoms with Crippen molar-refractivity contribution in [1.82, 2.24) is 14.9 Å². The van der Waals surface area contributed by atoms with Crippen LogP contribution in [0.2, 0.25) is 0 Å². The molecule has 3 heterocycles. The second-order valence-corrected chi connectivity index (χ2v) is 10.3. The highest BCUT2D eigenvalue weighted by atomic mass is 32.1. The quantitative estimate of drug-likeness (QED) is 0.318. The number of piperazine rings is 1. The van der Waals surface area contributed by atoms with Gasteiger partial charge in [0.1, 0.15) is 9.88 Å². The van der Waals surface area contributed by atoms with E-state index in [1.165, 1.54) is 22.6 Å². The van der Waals surface area contributed by atoms with Crippen molar-refractivity contribution in [2.45, 2.75) is 26.7 Å². The van der Waals surface area contributed by atoms with Gasteiger partial charge < -0.3 is 14.6 Å². The second-order valence-electron chi connectivity index (χ2n) is 9.32. The fourth-order valence-electron chi connectivity index (χ4n) is 4.90. The summed E-state index contributed by atoms with van der Waals surface area (Å²) in [5.74, 6) is -0.298. The van der Waals surface area contributed by atoms with Crippen LogP contribution in [-0.2, 0) is 11.2 Å². The number of benzene rings is 2. The Hall–Kier alpha value is -3.67. The van der Waals surface area contributed by atoms with Crippen LogP contribution in [0.15, 0.2) is 48.7 Å². The molecule has 1 fully saturated rings. The number of hydrogen-bond acceptors (Lipinski definition) is 7. The molecule has 5 rings (SSSR count). The average Bonchev–Trinajstić information content (AvgIpc) is 3.52. The van der Waals surface area contributed by atoms with Crippen molar-refractivity contribution in [3.05, 3.63) is 70.4 Å². The van der Waals surface area contributed by atoms with Gasteiger partial charge >= 0.3 is 5.97 Å². The van der Waals surface area contributed by atoms with Crippen LogP contribution < -0.4 is 4.90 Å². The van der Waals surface area contributed by atoms with Gasteiger partial charge in [0.25, 0.3) is 0 Å². The number of nitrogens with one attached hydrogen (secondary N) is 1. The van der Waals surface area contributed by atoms with Crippen molar-refractivity contribution in [3.8, 4) is 16.6 Å². The first-order valence-electron chi connectivity index (χ1n) is 12.8. The van der Waals surface area contributed by atoms with Crippen LogP contribution in [-0.4, -0.2) is 60.2 Å². The maximum atomic E-state index is 12.1. The Labute approximate surface area is 221 Å². The summed E-state index contributed by atoms with van der Waals surface area (Å²) in [6.45, 7) is 9.19. The van der Waals surface area contributed by atoms with Crippen molar-refractivity contribution < 1.29 is 9.53 Å². The second kappa shape index (κ2) is 11.2. The molecule has 7 nitrogen and oxygen atoms in total. The van der Waals surface area contributed by atoms with Crippen LogP contribution in [0.5, 0.6) is 0 Å². The Bertz CT molecular complexity index is 1430. The molecule has 1 saturated heterocycles. The molecular formula is C29H31N5O2S. The highest BCUT2D eigenvalue weighted by Gasteiger charge is 2.19. The van der Waals surface area contributed by atoms with E-state index >= 15 is 0 Å². The van der Waals surface area contributed by atoms with E-state index in [0.29, 0.717) is 17.0 Å². The molecule has 0 bridgehead atoms. The maximum Gasteiger partial charge on any atom is 0.350 e. The largest absolute Gasteiger partial charge is 0.462 e. The zero-order valence-corrected chi connectivity index (χ0v) is 22.1. The summed E-state index contributed by atoms with van der Waals surface area (Å²) in [5, 5.41) is 11.2. The van der Waals surface area contributed by atoms with E-state index in [4.69, 9.17) is 4.74 Å². The first kappa shape index (κ1) is 25.0. The van der Waals surface area contributed by atoms with E-state index in [2.05, 4.69) is 56.3 Å². The van der Waals surface area contributed by atoms with Gasteiger partial charge in [-0.1, -0.05) is 0 Å². The van der Waals surface area contributed by atoms with Crippen LogP contribution in [0, 0.1) is 18.3 Å². The molecule has 37 heavy (non-hydrogen) atoms. The predicted molar refractivity (Wildman–Crippen MR) is 148 cm³/mol. The smallest absolute Gasteiger partial charge is 0.350 e. The first-order chi connectivity index (χ1) is 18.1. The molecule has 2 aromatic carbocycles. The minimum absolute atomic E-state index is 0.298. The van der Waals surface area contributed by atoms with E-state index in [0.717, 1.165) is 72.7 Å². The number of aromatic nitrogens is 2. The van der Waals surface area contributed by atoms with Gasteiger partial charge in [0.15, 0.2) is 0 Å². The molecule has 0 amide bonds. The number of nitriles is 1. The lowest BCUT2D eigenvalue weighted by atomic mass is 10.1. The van der Waals surface area contributed by atoms with Crippen LogP contribution in [0.1, 0.15) is 39.8 Å². The highest BCUT2D eigenvalue weighted by Crippen LogP contribution is 2.30. The zero-order chi connectivity index (χ0) is 25.8. The normalized spacial score (nSPS) is 14.1. The number of H-pyrrole nitrogens is 1. The molecule has 2 aromatic heterocycles. The fraction of sp³-hybridized carbons (Fsp3) is 0.345. The molecule has 0 atom stereocenters. The Morgan fingerprint density at radius 2 is 1.95 bits per heavy atom. The molecule has 0 unspecified atom stereocenters. The number of rotatable bonds is 8. The van der Waals surface area contributed by atoms with Gasteiger partial charge in [0, 0.05) is 54.5 Å². The molecule has 4 aromatic rings. The summed E-state index contributed by atoms with van der Waals surface area (Å²) in [5.41, 5.74) is 6.05. The summed E-state index contributed by atoms with van der Waals surface area (Å²) in [7, 11) is 0. The van der Waals surface area contributed by atoms with Crippen molar-refractivity contribution >= 4 is 33.9 Å². The summed E-state index contributed by atoms with van der Waals surface area (Å²) in [4.78, 5) is 25.6. The van der Waals surface area contributed by atoms with Crippen LogP contribution in [0.4, 0.5) is 5.69 Å². The predicted octanol–water partition coefficient (Wildman–Crippen LogP) is 5.40. The molecular weight excluding hydrogens is 482 g/mol. The lowest BCUT2D eigenvalue weighted by Gasteiger charge is -2.36. The van der Waals surface area contributed by atoms with Gasteiger partial charge in [-0.3, -0.25) is 4.90 Å². The standard InChI is InChI=1S/C29H31N5O2S/c1-3-36-29(35)27-20(2)32-28(37-27)22-7-9-24(10-8-22)34-15-13-33(14-16-34)12-4-5-23-19-31-26-11-6-21(18-30)17-25(23)26/h6-11,17,19,31H,3-5,12-16H2,1-2H3. The number of aromatic amines is 1. The molecule has 0 radical (unpaired) electrons. The average molecular weight is 514 g/mol. The van der Waals surface area contributed by atoms with Gasteiger partial charge in [-0.25, -0.2) is 9.78 Å². The molecule has 1 N–H and O–H groups in total. The minimum Gasteiger partial charge on any atom is -0.462 e. The monoisotopic (exact) mass is 513 g/mol. The zero-order valence-electron chi connectivity index (χ0n) is 21.3. The number of fused-ring (bicyclic) bond motifs is 1. The Balaban J connectivity index is 1.12. The number of carbonyl (C=O) groups excluding carboxylic acids is 1. The number of hydrogen-bond donors (Lipinski definition) is 1. The Morgan fingerprint density at radius 3 is 2.68 bits per heavy atom. The Morgan fingerprint density at radius 1 is 1.16 bits per heavy atom. The SMILES string of the molecule is CCOC(=O)c1sc(-c2ccc(N3CCN(CCCc4c[nH]c5ccc(C#N)cc45)CC3)cc2)nc1C. The third-order valence-electron chi connectivity index (χ3n) is 6.93. The molecule has 1 aliphatic rings. The molecule has 8 heteroatoms. The number of nitrogens with zero attached hydrogens (tertiary/aromatic N) is 4.